The first kappa shape index (κ1) is 25.2. The van der Waals surface area contributed by atoms with Gasteiger partial charge in [-0.15, -0.1) is 24.0 Å². The van der Waals surface area contributed by atoms with E-state index in [0.29, 0.717) is 13.2 Å². The minimum absolute atomic E-state index is 0. The van der Waals surface area contributed by atoms with Gasteiger partial charge in [-0.25, -0.2) is 0 Å². The van der Waals surface area contributed by atoms with Crippen LogP contribution in [-0.4, -0.2) is 50.5 Å². The van der Waals surface area contributed by atoms with Crippen LogP contribution in [0.1, 0.15) is 51.7 Å². The highest BCUT2D eigenvalue weighted by Gasteiger charge is 2.34. The number of aliphatic imine (C=N–C) groups is 1. The average molecular weight is 503 g/mol. The summed E-state index contributed by atoms with van der Waals surface area (Å²) in [4.78, 5) is 4.77. The van der Waals surface area contributed by atoms with Crippen molar-refractivity contribution in [3.05, 3.63) is 35.4 Å². The summed E-state index contributed by atoms with van der Waals surface area (Å²) in [6, 6.07) is 8.90. The SMILES string of the molecule is CCNC(=NCC1(CCO)CCOC1)NCCc1ccc(C(C)(C)C)cc1.I. The molecule has 1 saturated heterocycles. The third-order valence-corrected chi connectivity index (χ3v) is 5.27. The summed E-state index contributed by atoms with van der Waals surface area (Å²) in [6.45, 7) is 12.8. The molecule has 0 saturated carbocycles. The molecule has 0 amide bonds. The van der Waals surface area contributed by atoms with E-state index >= 15 is 0 Å². The number of guanidine groups is 1. The van der Waals surface area contributed by atoms with Gasteiger partial charge < -0.3 is 20.5 Å². The Hall–Kier alpha value is -0.860. The smallest absolute Gasteiger partial charge is 0.191 e. The van der Waals surface area contributed by atoms with Crippen molar-refractivity contribution in [2.75, 3.05) is 39.5 Å². The van der Waals surface area contributed by atoms with Gasteiger partial charge in [0.2, 0.25) is 0 Å². The van der Waals surface area contributed by atoms with Crippen molar-refractivity contribution in [2.24, 2.45) is 10.4 Å². The molecule has 0 aliphatic carbocycles. The maximum absolute atomic E-state index is 9.36. The molecular formula is C22H38IN3O2. The third-order valence-electron chi connectivity index (χ3n) is 5.27. The van der Waals surface area contributed by atoms with E-state index in [0.717, 1.165) is 44.9 Å². The Morgan fingerprint density at radius 3 is 2.46 bits per heavy atom. The number of halogens is 1. The lowest BCUT2D eigenvalue weighted by molar-refractivity contribution is 0.131. The van der Waals surface area contributed by atoms with Crippen LogP contribution in [0.2, 0.25) is 0 Å². The van der Waals surface area contributed by atoms with Crippen LogP contribution in [0.3, 0.4) is 0 Å². The number of hydrogen-bond acceptors (Lipinski definition) is 3. The molecule has 1 unspecified atom stereocenters. The van der Waals surface area contributed by atoms with Crippen LogP contribution < -0.4 is 10.6 Å². The van der Waals surface area contributed by atoms with E-state index in [-0.39, 0.29) is 41.4 Å². The Balaban J connectivity index is 0.00000392. The number of benzene rings is 1. The lowest BCUT2D eigenvalue weighted by Gasteiger charge is -2.24. The Morgan fingerprint density at radius 2 is 1.93 bits per heavy atom. The minimum atomic E-state index is -0.0140. The van der Waals surface area contributed by atoms with Gasteiger partial charge in [0.15, 0.2) is 5.96 Å². The predicted molar refractivity (Wildman–Crippen MR) is 128 cm³/mol. The topological polar surface area (TPSA) is 65.9 Å². The monoisotopic (exact) mass is 503 g/mol. The van der Waals surface area contributed by atoms with Gasteiger partial charge in [-0.05, 0) is 42.7 Å². The van der Waals surface area contributed by atoms with Crippen LogP contribution in [-0.2, 0) is 16.6 Å². The van der Waals surface area contributed by atoms with Crippen molar-refractivity contribution in [2.45, 2.75) is 52.4 Å². The fraction of sp³-hybridized carbons (Fsp3) is 0.682. The van der Waals surface area contributed by atoms with Gasteiger partial charge >= 0.3 is 0 Å². The summed E-state index contributed by atoms with van der Waals surface area (Å²) in [6.07, 6.45) is 2.67. The van der Waals surface area contributed by atoms with Crippen LogP contribution in [0, 0.1) is 5.41 Å². The maximum Gasteiger partial charge on any atom is 0.191 e. The minimum Gasteiger partial charge on any atom is -0.396 e. The molecule has 0 aromatic heterocycles. The summed E-state index contributed by atoms with van der Waals surface area (Å²) in [5.41, 5.74) is 2.87. The third kappa shape index (κ3) is 7.87. The first-order valence-electron chi connectivity index (χ1n) is 10.2. The van der Waals surface area contributed by atoms with Gasteiger partial charge in [0.25, 0.3) is 0 Å². The zero-order valence-electron chi connectivity index (χ0n) is 17.9. The highest BCUT2D eigenvalue weighted by atomic mass is 127. The van der Waals surface area contributed by atoms with Gasteiger partial charge in [-0.3, -0.25) is 4.99 Å². The van der Waals surface area contributed by atoms with E-state index in [1.807, 2.05) is 0 Å². The molecule has 1 aliphatic rings. The lowest BCUT2D eigenvalue weighted by Crippen LogP contribution is -2.39. The first-order chi connectivity index (χ1) is 12.9. The fourth-order valence-corrected chi connectivity index (χ4v) is 3.37. The molecule has 1 heterocycles. The van der Waals surface area contributed by atoms with Crippen LogP contribution in [0.4, 0.5) is 0 Å². The quantitative estimate of drug-likeness (QED) is 0.289. The molecule has 0 spiro atoms. The van der Waals surface area contributed by atoms with E-state index in [2.05, 4.69) is 62.6 Å². The molecule has 5 nitrogen and oxygen atoms in total. The van der Waals surface area contributed by atoms with Crippen LogP contribution in [0.5, 0.6) is 0 Å². The van der Waals surface area contributed by atoms with E-state index < -0.39 is 0 Å². The van der Waals surface area contributed by atoms with E-state index in [1.54, 1.807) is 0 Å². The van der Waals surface area contributed by atoms with Crippen molar-refractivity contribution >= 4 is 29.9 Å². The molecule has 160 valence electrons. The summed E-state index contributed by atoms with van der Waals surface area (Å²) in [5.74, 6) is 0.841. The van der Waals surface area contributed by atoms with Crippen molar-refractivity contribution in [1.82, 2.24) is 10.6 Å². The number of ether oxygens (including phenoxy) is 1. The molecule has 1 aromatic carbocycles. The van der Waals surface area contributed by atoms with Crippen molar-refractivity contribution in [3.8, 4) is 0 Å². The number of nitrogens with one attached hydrogen (secondary N) is 2. The number of aliphatic hydroxyl groups is 1. The Morgan fingerprint density at radius 1 is 1.21 bits per heavy atom. The molecular weight excluding hydrogens is 465 g/mol. The summed E-state index contributed by atoms with van der Waals surface area (Å²) < 4.78 is 5.56. The molecule has 1 aliphatic heterocycles. The number of aliphatic hydroxyl groups excluding tert-OH is 1. The zero-order valence-corrected chi connectivity index (χ0v) is 20.2. The van der Waals surface area contributed by atoms with Gasteiger partial charge in [-0.2, -0.15) is 0 Å². The second-order valence-corrected chi connectivity index (χ2v) is 8.60. The van der Waals surface area contributed by atoms with Gasteiger partial charge in [0, 0.05) is 31.7 Å². The van der Waals surface area contributed by atoms with Crippen LogP contribution >= 0.6 is 24.0 Å². The fourth-order valence-electron chi connectivity index (χ4n) is 3.37. The highest BCUT2D eigenvalue weighted by molar-refractivity contribution is 14.0. The molecule has 6 heteroatoms. The number of hydrogen-bond donors (Lipinski definition) is 3. The molecule has 1 aromatic rings. The molecule has 28 heavy (non-hydrogen) atoms. The molecule has 0 radical (unpaired) electrons. The Bertz CT molecular complexity index is 591. The second kappa shape index (κ2) is 12.0. The first-order valence-corrected chi connectivity index (χ1v) is 10.2. The van der Waals surface area contributed by atoms with Gasteiger partial charge in [0.1, 0.15) is 0 Å². The van der Waals surface area contributed by atoms with Crippen molar-refractivity contribution in [1.29, 1.82) is 0 Å². The Kier molecular flexibility index (Phi) is 10.8. The van der Waals surface area contributed by atoms with E-state index in [4.69, 9.17) is 9.73 Å². The van der Waals surface area contributed by atoms with E-state index in [1.165, 1.54) is 11.1 Å². The van der Waals surface area contributed by atoms with E-state index in [9.17, 15) is 5.11 Å². The average Bonchev–Trinajstić information content (AvgIpc) is 3.08. The Labute approximate surface area is 187 Å². The van der Waals surface area contributed by atoms with Gasteiger partial charge in [0.05, 0.1) is 13.2 Å². The largest absolute Gasteiger partial charge is 0.396 e. The summed E-state index contributed by atoms with van der Waals surface area (Å²) >= 11 is 0. The highest BCUT2D eigenvalue weighted by Crippen LogP contribution is 2.32. The molecule has 0 bridgehead atoms. The van der Waals surface area contributed by atoms with Crippen LogP contribution in [0.15, 0.2) is 29.3 Å². The van der Waals surface area contributed by atoms with Crippen LogP contribution in [0.25, 0.3) is 0 Å². The van der Waals surface area contributed by atoms with Crippen molar-refractivity contribution in [3.63, 3.8) is 0 Å². The summed E-state index contributed by atoms with van der Waals surface area (Å²) in [7, 11) is 0. The van der Waals surface area contributed by atoms with Crippen molar-refractivity contribution < 1.29 is 9.84 Å². The number of nitrogens with zero attached hydrogens (tertiary/aromatic N) is 1. The molecule has 3 N–H and O–H groups in total. The second-order valence-electron chi connectivity index (χ2n) is 8.60. The normalized spacial score (nSPS) is 20.0. The van der Waals surface area contributed by atoms with Gasteiger partial charge in [-0.1, -0.05) is 45.0 Å². The number of rotatable bonds is 8. The molecule has 2 rings (SSSR count). The standard InChI is InChI=1S/C22H37N3O2.HI/c1-5-23-20(25-16-22(11-14-26)12-15-27-17-22)24-13-10-18-6-8-19(9-7-18)21(2,3)4;/h6-9,26H,5,10-17H2,1-4H3,(H2,23,24,25);1H. The maximum atomic E-state index is 9.36. The zero-order chi connectivity index (χ0) is 19.8. The molecule has 1 atom stereocenters. The lowest BCUT2D eigenvalue weighted by atomic mass is 9.84. The summed E-state index contributed by atoms with van der Waals surface area (Å²) in [5, 5.41) is 16.1. The molecule has 1 fully saturated rings. The predicted octanol–water partition coefficient (Wildman–Crippen LogP) is 3.49.